The van der Waals surface area contributed by atoms with E-state index in [2.05, 4.69) is 10.6 Å². The first kappa shape index (κ1) is 24.4. The molecule has 0 bridgehead atoms. The van der Waals surface area contributed by atoms with E-state index in [9.17, 15) is 18.0 Å². The summed E-state index contributed by atoms with van der Waals surface area (Å²) >= 11 is 0. The number of rotatable bonds is 10. The summed E-state index contributed by atoms with van der Waals surface area (Å²) in [5, 5.41) is 5.60. The highest BCUT2D eigenvalue weighted by Gasteiger charge is 2.22. The molecule has 0 radical (unpaired) electrons. The van der Waals surface area contributed by atoms with Gasteiger partial charge in [-0.2, -0.15) is 0 Å². The lowest BCUT2D eigenvalue weighted by Crippen LogP contribution is -2.31. The van der Waals surface area contributed by atoms with Crippen LogP contribution in [0.1, 0.15) is 37.0 Å². The van der Waals surface area contributed by atoms with Crippen LogP contribution in [0.2, 0.25) is 0 Å². The standard InChI is InChI=1S/C23H29N3O6S/c1-16(2)14-24-23(28)18-7-4-5-8-19(18)25-22(27)9-6-12-26(33(3,29)30)17-10-11-20-21(13-17)32-15-31-20/h4-5,7-8,10-11,13,16H,6,9,12,14-15H2,1-3H3,(H,24,28)(H,25,27). The van der Waals surface area contributed by atoms with Crippen molar-refractivity contribution in [2.24, 2.45) is 5.92 Å². The van der Waals surface area contributed by atoms with Gasteiger partial charge in [-0.25, -0.2) is 8.42 Å². The first-order valence-electron chi connectivity index (χ1n) is 10.7. The Morgan fingerprint density at radius 1 is 1.09 bits per heavy atom. The fraction of sp³-hybridized carbons (Fsp3) is 0.391. The topological polar surface area (TPSA) is 114 Å². The molecule has 3 rings (SSSR count). The first-order valence-corrected chi connectivity index (χ1v) is 12.5. The smallest absolute Gasteiger partial charge is 0.253 e. The SMILES string of the molecule is CC(C)CNC(=O)c1ccccc1NC(=O)CCCN(c1ccc2c(c1)OCO2)S(C)(=O)=O. The van der Waals surface area contributed by atoms with Crippen LogP contribution >= 0.6 is 0 Å². The predicted molar refractivity (Wildman–Crippen MR) is 126 cm³/mol. The molecule has 2 amide bonds. The molecule has 0 saturated heterocycles. The van der Waals surface area contributed by atoms with E-state index in [0.717, 1.165) is 6.26 Å². The fourth-order valence-corrected chi connectivity index (χ4v) is 4.26. The summed E-state index contributed by atoms with van der Waals surface area (Å²) in [6.45, 7) is 4.73. The predicted octanol–water partition coefficient (Wildman–Crippen LogP) is 2.99. The molecule has 2 aromatic rings. The van der Waals surface area contributed by atoms with Crippen molar-refractivity contribution in [3.05, 3.63) is 48.0 Å². The van der Waals surface area contributed by atoms with Crippen LogP contribution in [-0.4, -0.2) is 46.4 Å². The molecule has 0 aliphatic carbocycles. The molecule has 0 atom stereocenters. The van der Waals surface area contributed by atoms with Gasteiger partial charge in [0.1, 0.15) is 0 Å². The molecule has 10 heteroatoms. The van der Waals surface area contributed by atoms with Crippen LogP contribution in [0.4, 0.5) is 11.4 Å². The summed E-state index contributed by atoms with van der Waals surface area (Å²) in [5.74, 6) is 0.774. The molecule has 0 aromatic heterocycles. The number of hydrogen-bond acceptors (Lipinski definition) is 6. The van der Waals surface area contributed by atoms with Gasteiger partial charge in [-0.15, -0.1) is 0 Å². The Morgan fingerprint density at radius 3 is 2.55 bits per heavy atom. The second-order valence-electron chi connectivity index (χ2n) is 8.17. The molecule has 33 heavy (non-hydrogen) atoms. The Bertz CT molecular complexity index is 1120. The highest BCUT2D eigenvalue weighted by Crippen LogP contribution is 2.36. The lowest BCUT2D eigenvalue weighted by atomic mass is 10.1. The Hall–Kier alpha value is -3.27. The van der Waals surface area contributed by atoms with E-state index in [-0.39, 0.29) is 38.0 Å². The molecule has 178 valence electrons. The maximum atomic E-state index is 12.5. The van der Waals surface area contributed by atoms with E-state index in [0.29, 0.717) is 40.9 Å². The number of para-hydroxylation sites is 1. The highest BCUT2D eigenvalue weighted by molar-refractivity contribution is 7.92. The number of hydrogen-bond donors (Lipinski definition) is 2. The van der Waals surface area contributed by atoms with Crippen molar-refractivity contribution < 1.29 is 27.5 Å². The van der Waals surface area contributed by atoms with Crippen molar-refractivity contribution in [2.75, 3.05) is 35.8 Å². The quantitative estimate of drug-likeness (QED) is 0.546. The third-order valence-electron chi connectivity index (χ3n) is 4.93. The molecule has 1 aliphatic rings. The molecule has 9 nitrogen and oxygen atoms in total. The highest BCUT2D eigenvalue weighted by atomic mass is 32.2. The van der Waals surface area contributed by atoms with Crippen LogP contribution in [0.15, 0.2) is 42.5 Å². The van der Waals surface area contributed by atoms with Gasteiger partial charge < -0.3 is 20.1 Å². The van der Waals surface area contributed by atoms with E-state index in [4.69, 9.17) is 9.47 Å². The Labute approximate surface area is 194 Å². The third kappa shape index (κ3) is 6.61. The second-order valence-corrected chi connectivity index (χ2v) is 10.1. The van der Waals surface area contributed by atoms with Crippen molar-refractivity contribution in [1.29, 1.82) is 0 Å². The van der Waals surface area contributed by atoms with E-state index in [1.54, 1.807) is 42.5 Å². The molecule has 2 aromatic carbocycles. The number of carbonyl (C=O) groups is 2. The fourth-order valence-electron chi connectivity index (χ4n) is 3.30. The monoisotopic (exact) mass is 475 g/mol. The summed E-state index contributed by atoms with van der Waals surface area (Å²) in [4.78, 5) is 25.0. The van der Waals surface area contributed by atoms with Gasteiger partial charge in [0.2, 0.25) is 22.7 Å². The van der Waals surface area contributed by atoms with Gasteiger partial charge in [0.15, 0.2) is 11.5 Å². The van der Waals surface area contributed by atoms with Crippen LogP contribution in [0.5, 0.6) is 11.5 Å². The summed E-state index contributed by atoms with van der Waals surface area (Å²) in [6.07, 6.45) is 1.48. The second kappa shape index (κ2) is 10.6. The largest absolute Gasteiger partial charge is 0.454 e. The van der Waals surface area contributed by atoms with Gasteiger partial charge in [0, 0.05) is 25.6 Å². The van der Waals surface area contributed by atoms with Crippen molar-refractivity contribution in [2.45, 2.75) is 26.7 Å². The Kier molecular flexibility index (Phi) is 7.80. The van der Waals surface area contributed by atoms with E-state index in [1.807, 2.05) is 13.8 Å². The number of carbonyl (C=O) groups excluding carboxylic acids is 2. The maximum Gasteiger partial charge on any atom is 0.253 e. The van der Waals surface area contributed by atoms with E-state index in [1.165, 1.54) is 4.31 Å². The van der Waals surface area contributed by atoms with Crippen LogP contribution in [-0.2, 0) is 14.8 Å². The summed E-state index contributed by atoms with van der Waals surface area (Å²) in [6, 6.07) is 11.7. The number of fused-ring (bicyclic) bond motifs is 1. The van der Waals surface area contributed by atoms with Gasteiger partial charge in [0.25, 0.3) is 5.91 Å². The number of nitrogens with zero attached hydrogens (tertiary/aromatic N) is 1. The molecule has 1 aliphatic heterocycles. The molecule has 0 unspecified atom stereocenters. The molecular weight excluding hydrogens is 446 g/mol. The normalized spacial score (nSPS) is 12.5. The van der Waals surface area contributed by atoms with Crippen molar-refractivity contribution >= 4 is 33.2 Å². The lowest BCUT2D eigenvalue weighted by Gasteiger charge is -2.22. The van der Waals surface area contributed by atoms with Crippen LogP contribution in [0.25, 0.3) is 0 Å². The summed E-state index contributed by atoms with van der Waals surface area (Å²) in [5.41, 5.74) is 1.23. The minimum atomic E-state index is -3.57. The Balaban J connectivity index is 1.61. The zero-order chi connectivity index (χ0) is 24.0. The molecule has 1 heterocycles. The minimum absolute atomic E-state index is 0.0819. The maximum absolute atomic E-state index is 12.5. The van der Waals surface area contributed by atoms with Crippen molar-refractivity contribution in [1.82, 2.24) is 5.32 Å². The number of sulfonamides is 1. The van der Waals surface area contributed by atoms with Gasteiger partial charge in [-0.3, -0.25) is 13.9 Å². The number of nitrogens with one attached hydrogen (secondary N) is 2. The van der Waals surface area contributed by atoms with Crippen LogP contribution < -0.4 is 24.4 Å². The summed E-state index contributed by atoms with van der Waals surface area (Å²) < 4.78 is 36.5. The van der Waals surface area contributed by atoms with Crippen molar-refractivity contribution in [3.63, 3.8) is 0 Å². The molecule has 0 spiro atoms. The molecule has 2 N–H and O–H groups in total. The zero-order valence-corrected chi connectivity index (χ0v) is 19.8. The molecule has 0 saturated carbocycles. The number of ether oxygens (including phenoxy) is 2. The van der Waals surface area contributed by atoms with Crippen molar-refractivity contribution in [3.8, 4) is 11.5 Å². The van der Waals surface area contributed by atoms with E-state index >= 15 is 0 Å². The zero-order valence-electron chi connectivity index (χ0n) is 19.0. The average molecular weight is 476 g/mol. The summed E-state index contributed by atoms with van der Waals surface area (Å²) in [7, 11) is -3.57. The van der Waals surface area contributed by atoms with E-state index < -0.39 is 10.0 Å². The number of benzene rings is 2. The van der Waals surface area contributed by atoms with Crippen LogP contribution in [0, 0.1) is 5.92 Å². The van der Waals surface area contributed by atoms with Gasteiger partial charge >= 0.3 is 0 Å². The van der Waals surface area contributed by atoms with Crippen LogP contribution in [0.3, 0.4) is 0 Å². The number of amides is 2. The third-order valence-corrected chi connectivity index (χ3v) is 6.12. The molecule has 0 fully saturated rings. The average Bonchev–Trinajstić information content (AvgIpc) is 3.22. The lowest BCUT2D eigenvalue weighted by molar-refractivity contribution is -0.116. The Morgan fingerprint density at radius 2 is 1.82 bits per heavy atom. The van der Waals surface area contributed by atoms with Gasteiger partial charge in [-0.05, 0) is 36.6 Å². The van der Waals surface area contributed by atoms with Gasteiger partial charge in [0.05, 0.1) is 23.2 Å². The van der Waals surface area contributed by atoms with Gasteiger partial charge in [-0.1, -0.05) is 26.0 Å². The molecular formula is C23H29N3O6S. The number of anilines is 2. The first-order chi connectivity index (χ1) is 15.6. The minimum Gasteiger partial charge on any atom is -0.454 e.